The number of nitrogens with zero attached hydrogens (tertiary/aromatic N) is 2. The number of benzene rings is 2. The molecule has 0 aromatic heterocycles. The van der Waals surface area contributed by atoms with E-state index in [1.807, 2.05) is 54.3 Å². The lowest BCUT2D eigenvalue weighted by molar-refractivity contribution is -0.125. The molecule has 190 valence electrons. The number of thioether (sulfide) groups is 1. The van der Waals surface area contributed by atoms with E-state index in [2.05, 4.69) is 22.9 Å². The normalized spacial score (nSPS) is 22.3. The molecule has 1 aliphatic heterocycles. The fraction of sp³-hybridized carbons (Fsp3) is 0.370. The smallest absolute Gasteiger partial charge is 0.267 e. The molecule has 2 atom stereocenters. The van der Waals surface area contributed by atoms with E-state index in [1.54, 1.807) is 6.07 Å². The summed E-state index contributed by atoms with van der Waals surface area (Å²) >= 11 is 4.90. The number of amides is 2. The maximum Gasteiger partial charge on any atom is 0.267 e. The van der Waals surface area contributed by atoms with Gasteiger partial charge in [-0.05, 0) is 89.3 Å². The van der Waals surface area contributed by atoms with Crippen LogP contribution in [0.1, 0.15) is 45.1 Å². The van der Waals surface area contributed by atoms with Crippen LogP contribution >= 0.6 is 27.7 Å². The van der Waals surface area contributed by atoms with Gasteiger partial charge in [-0.15, -0.1) is 0 Å². The van der Waals surface area contributed by atoms with Gasteiger partial charge in [-0.1, -0.05) is 38.0 Å². The number of carbonyl (C=O) groups excluding carboxylic acids is 2. The fourth-order valence-corrected chi connectivity index (χ4v) is 6.14. The highest BCUT2D eigenvalue weighted by atomic mass is 79.9. The SMILES string of the molecule is CCOc1cc(/C=C2\SC(=Nc3ccccc3)N([C@H]3CCCC[C@H]3C)C2=O)cc(Br)c1OCC(N)=O. The number of primary amides is 1. The molecule has 2 aliphatic rings. The number of hydrogen-bond acceptors (Lipinski definition) is 6. The average molecular weight is 573 g/mol. The second-order valence-electron chi connectivity index (χ2n) is 8.86. The van der Waals surface area contributed by atoms with E-state index < -0.39 is 5.91 Å². The third kappa shape index (κ3) is 6.13. The van der Waals surface area contributed by atoms with Crippen LogP contribution < -0.4 is 15.2 Å². The predicted octanol–water partition coefficient (Wildman–Crippen LogP) is 5.89. The number of para-hydroxylation sites is 1. The lowest BCUT2D eigenvalue weighted by Crippen LogP contribution is -2.44. The molecule has 1 heterocycles. The lowest BCUT2D eigenvalue weighted by Gasteiger charge is -2.35. The zero-order valence-corrected chi connectivity index (χ0v) is 22.8. The molecule has 1 saturated heterocycles. The molecule has 2 fully saturated rings. The monoisotopic (exact) mass is 571 g/mol. The number of rotatable bonds is 8. The molecule has 2 aromatic rings. The summed E-state index contributed by atoms with van der Waals surface area (Å²) < 4.78 is 11.9. The Bertz CT molecular complexity index is 1190. The van der Waals surface area contributed by atoms with E-state index in [0.29, 0.717) is 38.6 Å². The van der Waals surface area contributed by atoms with E-state index >= 15 is 0 Å². The van der Waals surface area contributed by atoms with Gasteiger partial charge < -0.3 is 15.2 Å². The molecule has 2 aromatic carbocycles. The molecule has 1 aliphatic carbocycles. The van der Waals surface area contributed by atoms with E-state index in [0.717, 1.165) is 30.5 Å². The van der Waals surface area contributed by atoms with Crippen LogP contribution in [0.3, 0.4) is 0 Å². The van der Waals surface area contributed by atoms with Crippen LogP contribution in [0.5, 0.6) is 11.5 Å². The molecule has 2 amide bonds. The minimum Gasteiger partial charge on any atom is -0.490 e. The first-order valence-corrected chi connectivity index (χ1v) is 13.7. The molecular formula is C27H30BrN3O4S. The van der Waals surface area contributed by atoms with Crippen LogP contribution in [0.2, 0.25) is 0 Å². The average Bonchev–Trinajstić information content (AvgIpc) is 3.13. The standard InChI is InChI=1S/C27H30BrN3O4S/c1-3-34-22-14-18(13-20(28)25(22)35-16-24(29)32)15-23-26(33)31(21-12-8-7-9-17(21)2)27(36-23)30-19-10-5-4-6-11-19/h4-6,10-11,13-15,17,21H,3,7-9,12,16H2,1-2H3,(H2,29,32)/b23-15-,30-27?/t17-,21+/m1/s1. The summed E-state index contributed by atoms with van der Waals surface area (Å²) in [5, 5.41) is 0.710. The highest BCUT2D eigenvalue weighted by Gasteiger charge is 2.41. The number of amidine groups is 1. The van der Waals surface area contributed by atoms with Crippen LogP contribution in [0.4, 0.5) is 5.69 Å². The Morgan fingerprint density at radius 2 is 1.97 bits per heavy atom. The van der Waals surface area contributed by atoms with Crippen LogP contribution in [0.25, 0.3) is 6.08 Å². The number of ether oxygens (including phenoxy) is 2. The summed E-state index contributed by atoms with van der Waals surface area (Å²) in [4.78, 5) is 32.3. The molecule has 1 saturated carbocycles. The van der Waals surface area contributed by atoms with Gasteiger partial charge in [-0.3, -0.25) is 14.5 Å². The predicted molar refractivity (Wildman–Crippen MR) is 147 cm³/mol. The van der Waals surface area contributed by atoms with Gasteiger partial charge in [0, 0.05) is 6.04 Å². The van der Waals surface area contributed by atoms with Gasteiger partial charge in [-0.2, -0.15) is 0 Å². The molecule has 7 nitrogen and oxygen atoms in total. The Morgan fingerprint density at radius 3 is 2.67 bits per heavy atom. The fourth-order valence-electron chi connectivity index (χ4n) is 4.52. The Labute approximate surface area is 224 Å². The molecule has 0 unspecified atom stereocenters. The number of halogens is 1. The molecule has 0 bridgehead atoms. The van der Waals surface area contributed by atoms with Gasteiger partial charge in [-0.25, -0.2) is 4.99 Å². The second kappa shape index (κ2) is 12.0. The van der Waals surface area contributed by atoms with Gasteiger partial charge >= 0.3 is 0 Å². The third-order valence-electron chi connectivity index (χ3n) is 6.20. The Kier molecular flexibility index (Phi) is 8.74. The van der Waals surface area contributed by atoms with Crippen molar-refractivity contribution in [2.45, 2.75) is 45.6 Å². The second-order valence-corrected chi connectivity index (χ2v) is 10.7. The van der Waals surface area contributed by atoms with Gasteiger partial charge in [0.15, 0.2) is 23.3 Å². The summed E-state index contributed by atoms with van der Waals surface area (Å²) in [6, 6.07) is 13.5. The quantitative estimate of drug-likeness (QED) is 0.398. The van der Waals surface area contributed by atoms with Crippen molar-refractivity contribution >= 4 is 56.4 Å². The van der Waals surface area contributed by atoms with Crippen LogP contribution in [0.15, 0.2) is 56.8 Å². The summed E-state index contributed by atoms with van der Waals surface area (Å²) in [6.07, 6.45) is 6.23. The van der Waals surface area contributed by atoms with Gasteiger partial charge in [0.05, 0.1) is 21.7 Å². The van der Waals surface area contributed by atoms with Crippen molar-refractivity contribution in [1.82, 2.24) is 4.90 Å². The summed E-state index contributed by atoms with van der Waals surface area (Å²) in [5.41, 5.74) is 6.82. The highest BCUT2D eigenvalue weighted by molar-refractivity contribution is 9.10. The highest BCUT2D eigenvalue weighted by Crippen LogP contribution is 2.42. The minimum absolute atomic E-state index is 0.0310. The van der Waals surface area contributed by atoms with E-state index in [1.165, 1.54) is 18.2 Å². The van der Waals surface area contributed by atoms with Gasteiger partial charge in [0.2, 0.25) is 0 Å². The Morgan fingerprint density at radius 1 is 1.22 bits per heavy atom. The minimum atomic E-state index is -0.578. The van der Waals surface area contributed by atoms with Crippen molar-refractivity contribution < 1.29 is 19.1 Å². The maximum absolute atomic E-state index is 13.7. The van der Waals surface area contributed by atoms with Crippen molar-refractivity contribution in [3.05, 3.63) is 57.4 Å². The van der Waals surface area contributed by atoms with Crippen LogP contribution in [0, 0.1) is 5.92 Å². The molecule has 0 radical (unpaired) electrons. The molecule has 9 heteroatoms. The number of hydrogen-bond donors (Lipinski definition) is 1. The van der Waals surface area contributed by atoms with Crippen LogP contribution in [-0.2, 0) is 9.59 Å². The zero-order valence-electron chi connectivity index (χ0n) is 20.4. The molecular weight excluding hydrogens is 542 g/mol. The van der Waals surface area contributed by atoms with E-state index in [9.17, 15) is 9.59 Å². The van der Waals surface area contributed by atoms with Crippen molar-refractivity contribution in [3.63, 3.8) is 0 Å². The summed E-state index contributed by atoms with van der Waals surface area (Å²) in [6.45, 7) is 4.23. The maximum atomic E-state index is 13.7. The van der Waals surface area contributed by atoms with Crippen molar-refractivity contribution in [1.29, 1.82) is 0 Å². The molecule has 4 rings (SSSR count). The largest absolute Gasteiger partial charge is 0.490 e. The van der Waals surface area contributed by atoms with Crippen molar-refractivity contribution in [3.8, 4) is 11.5 Å². The number of aliphatic imine (C=N–C) groups is 1. The molecule has 36 heavy (non-hydrogen) atoms. The zero-order chi connectivity index (χ0) is 25.7. The number of nitrogens with two attached hydrogens (primary N) is 1. The first-order chi connectivity index (χ1) is 17.4. The topological polar surface area (TPSA) is 94.2 Å². The van der Waals surface area contributed by atoms with Crippen molar-refractivity contribution in [2.24, 2.45) is 16.6 Å². The Balaban J connectivity index is 1.70. The lowest BCUT2D eigenvalue weighted by atomic mass is 9.85. The van der Waals surface area contributed by atoms with Crippen molar-refractivity contribution in [2.75, 3.05) is 13.2 Å². The summed E-state index contributed by atoms with van der Waals surface area (Å²) in [7, 11) is 0. The van der Waals surface area contributed by atoms with E-state index in [4.69, 9.17) is 20.2 Å². The molecule has 2 N–H and O–H groups in total. The molecule has 0 spiro atoms. The number of carbonyl (C=O) groups is 2. The summed E-state index contributed by atoms with van der Waals surface area (Å²) in [5.74, 6) is 0.657. The van der Waals surface area contributed by atoms with Gasteiger partial charge in [0.1, 0.15) is 0 Å². The Hall–Kier alpha value is -2.78. The van der Waals surface area contributed by atoms with Gasteiger partial charge in [0.25, 0.3) is 11.8 Å². The first-order valence-electron chi connectivity index (χ1n) is 12.1. The third-order valence-corrected chi connectivity index (χ3v) is 7.78. The van der Waals surface area contributed by atoms with E-state index in [-0.39, 0.29) is 18.6 Å². The first kappa shape index (κ1) is 26.3. The van der Waals surface area contributed by atoms with Crippen LogP contribution in [-0.4, -0.2) is 41.1 Å².